The van der Waals surface area contributed by atoms with E-state index in [1.54, 1.807) is 18.4 Å². The predicted octanol–water partition coefficient (Wildman–Crippen LogP) is 1.44. The molecule has 0 radical (unpaired) electrons. The van der Waals surface area contributed by atoms with Crippen LogP contribution in [0.25, 0.3) is 0 Å². The minimum absolute atomic E-state index is 0. The number of halogens is 2. The van der Waals surface area contributed by atoms with E-state index < -0.39 is 0 Å². The molecule has 1 amide bonds. The van der Waals surface area contributed by atoms with E-state index in [0.717, 1.165) is 23.5 Å². The second kappa shape index (κ2) is 13.6. The molecule has 1 aromatic heterocycles. The van der Waals surface area contributed by atoms with Crippen LogP contribution in [0.1, 0.15) is 17.6 Å². The lowest BCUT2D eigenvalue weighted by Crippen LogP contribution is -2.36. The summed E-state index contributed by atoms with van der Waals surface area (Å²) in [7, 11) is 1.64. The van der Waals surface area contributed by atoms with Crippen LogP contribution in [-0.4, -0.2) is 44.2 Å². The Morgan fingerprint density at radius 2 is 2.15 bits per heavy atom. The number of rotatable bonds is 9. The second-order valence-electron chi connectivity index (χ2n) is 3.86. The third kappa shape index (κ3) is 9.50. The number of ether oxygens (including phenoxy) is 1. The number of carbonyl (C=O) groups is 1. The molecule has 0 aliphatic heterocycles. The van der Waals surface area contributed by atoms with Gasteiger partial charge in [0.1, 0.15) is 0 Å². The minimum Gasteiger partial charge on any atom is -0.383 e. The van der Waals surface area contributed by atoms with Crippen LogP contribution in [0.3, 0.4) is 0 Å². The van der Waals surface area contributed by atoms with E-state index in [-0.39, 0.29) is 30.7 Å². The molecular formula is C12H23Cl2N3O2S. The van der Waals surface area contributed by atoms with Crippen molar-refractivity contribution in [1.82, 2.24) is 15.6 Å². The molecule has 0 bridgehead atoms. The SMILES string of the molecule is CCc1nc(CCNC(=O)CNCCOC)cs1.Cl.Cl. The van der Waals surface area contributed by atoms with Gasteiger partial charge in [-0.2, -0.15) is 0 Å². The maximum atomic E-state index is 11.4. The number of methoxy groups -OCH3 is 1. The van der Waals surface area contributed by atoms with Crippen molar-refractivity contribution in [3.63, 3.8) is 0 Å². The average Bonchev–Trinajstić information content (AvgIpc) is 2.83. The molecule has 5 nitrogen and oxygen atoms in total. The monoisotopic (exact) mass is 343 g/mol. The predicted molar refractivity (Wildman–Crippen MR) is 87.4 cm³/mol. The molecular weight excluding hydrogens is 321 g/mol. The lowest BCUT2D eigenvalue weighted by molar-refractivity contribution is -0.120. The highest BCUT2D eigenvalue weighted by Crippen LogP contribution is 2.09. The van der Waals surface area contributed by atoms with Crippen LogP contribution in [0.4, 0.5) is 0 Å². The molecule has 8 heteroatoms. The Balaban J connectivity index is 0. The maximum absolute atomic E-state index is 11.4. The fraction of sp³-hybridized carbons (Fsp3) is 0.667. The van der Waals surface area contributed by atoms with Crippen molar-refractivity contribution in [3.05, 3.63) is 16.1 Å². The molecule has 20 heavy (non-hydrogen) atoms. The van der Waals surface area contributed by atoms with Gasteiger partial charge in [-0.25, -0.2) is 4.98 Å². The summed E-state index contributed by atoms with van der Waals surface area (Å²) >= 11 is 1.68. The van der Waals surface area contributed by atoms with E-state index in [4.69, 9.17) is 4.74 Å². The summed E-state index contributed by atoms with van der Waals surface area (Å²) in [5.74, 6) is 0.0112. The first-order chi connectivity index (χ1) is 8.76. The Morgan fingerprint density at radius 1 is 1.40 bits per heavy atom. The summed E-state index contributed by atoms with van der Waals surface area (Å²) in [5.41, 5.74) is 1.06. The van der Waals surface area contributed by atoms with Gasteiger partial charge in [-0.1, -0.05) is 6.92 Å². The van der Waals surface area contributed by atoms with E-state index in [0.29, 0.717) is 26.2 Å². The van der Waals surface area contributed by atoms with Crippen molar-refractivity contribution in [2.45, 2.75) is 19.8 Å². The van der Waals surface area contributed by atoms with Gasteiger partial charge in [0.25, 0.3) is 0 Å². The summed E-state index contributed by atoms with van der Waals surface area (Å²) in [4.78, 5) is 15.9. The number of aromatic nitrogens is 1. The van der Waals surface area contributed by atoms with Crippen molar-refractivity contribution in [3.8, 4) is 0 Å². The van der Waals surface area contributed by atoms with Crippen LogP contribution < -0.4 is 10.6 Å². The number of hydrogen-bond acceptors (Lipinski definition) is 5. The molecule has 1 aromatic rings. The third-order valence-electron chi connectivity index (χ3n) is 2.37. The van der Waals surface area contributed by atoms with Gasteiger partial charge in [0.2, 0.25) is 5.91 Å². The molecule has 0 atom stereocenters. The van der Waals surface area contributed by atoms with Crippen molar-refractivity contribution in [2.24, 2.45) is 0 Å². The van der Waals surface area contributed by atoms with Crippen molar-refractivity contribution < 1.29 is 9.53 Å². The first-order valence-corrected chi connectivity index (χ1v) is 7.03. The van der Waals surface area contributed by atoms with E-state index in [2.05, 4.69) is 27.9 Å². The molecule has 1 rings (SSSR count). The highest BCUT2D eigenvalue weighted by Gasteiger charge is 2.02. The first-order valence-electron chi connectivity index (χ1n) is 6.16. The number of aryl methyl sites for hydroxylation is 1. The number of amides is 1. The quantitative estimate of drug-likeness (QED) is 0.666. The van der Waals surface area contributed by atoms with Crippen LogP contribution in [-0.2, 0) is 22.4 Å². The molecule has 118 valence electrons. The standard InChI is InChI=1S/C12H21N3O2S.2ClH/c1-3-12-15-10(9-18-12)4-5-14-11(16)8-13-6-7-17-2;;/h9,13H,3-8H2,1-2H3,(H,14,16);2*1H. The Kier molecular flexibility index (Phi) is 14.9. The van der Waals surface area contributed by atoms with Crippen LogP contribution in [0, 0.1) is 0 Å². The number of hydrogen-bond donors (Lipinski definition) is 2. The zero-order valence-corrected chi connectivity index (χ0v) is 14.3. The van der Waals surface area contributed by atoms with Crippen molar-refractivity contribution in [2.75, 3.05) is 33.4 Å². The van der Waals surface area contributed by atoms with Gasteiger partial charge < -0.3 is 15.4 Å². The van der Waals surface area contributed by atoms with Gasteiger partial charge in [-0.05, 0) is 6.42 Å². The molecule has 0 aromatic carbocycles. The largest absolute Gasteiger partial charge is 0.383 e. The van der Waals surface area contributed by atoms with Crippen LogP contribution in [0.15, 0.2) is 5.38 Å². The molecule has 1 heterocycles. The number of nitrogens with one attached hydrogen (secondary N) is 2. The number of nitrogens with zero attached hydrogens (tertiary/aromatic N) is 1. The average molecular weight is 344 g/mol. The summed E-state index contributed by atoms with van der Waals surface area (Å²) in [5, 5.41) is 9.06. The van der Waals surface area contributed by atoms with Gasteiger partial charge in [0.15, 0.2) is 0 Å². The fourth-order valence-corrected chi connectivity index (χ4v) is 2.17. The van der Waals surface area contributed by atoms with Gasteiger partial charge in [-0.15, -0.1) is 36.2 Å². The molecule has 0 aliphatic carbocycles. The molecule has 0 unspecified atom stereocenters. The van der Waals surface area contributed by atoms with Gasteiger partial charge in [0, 0.05) is 32.0 Å². The summed E-state index contributed by atoms with van der Waals surface area (Å²) in [6.45, 7) is 4.37. The molecule has 0 aliphatic rings. The van der Waals surface area contributed by atoms with E-state index in [1.165, 1.54) is 0 Å². The Hall–Kier alpha value is -0.400. The van der Waals surface area contributed by atoms with Crippen LogP contribution in [0.5, 0.6) is 0 Å². The second-order valence-corrected chi connectivity index (χ2v) is 4.80. The molecule has 0 fully saturated rings. The zero-order valence-electron chi connectivity index (χ0n) is 11.8. The zero-order chi connectivity index (χ0) is 13.2. The Labute approximate surface area is 136 Å². The minimum atomic E-state index is 0. The topological polar surface area (TPSA) is 63.2 Å². The normalized spacial score (nSPS) is 9.50. The Morgan fingerprint density at radius 3 is 2.75 bits per heavy atom. The number of thiazole rings is 1. The van der Waals surface area contributed by atoms with Crippen molar-refractivity contribution in [1.29, 1.82) is 0 Å². The van der Waals surface area contributed by atoms with E-state index in [1.807, 2.05) is 0 Å². The van der Waals surface area contributed by atoms with E-state index >= 15 is 0 Å². The lowest BCUT2D eigenvalue weighted by Gasteiger charge is -2.05. The highest BCUT2D eigenvalue weighted by atomic mass is 35.5. The smallest absolute Gasteiger partial charge is 0.233 e. The lowest BCUT2D eigenvalue weighted by atomic mass is 10.3. The molecule has 0 saturated heterocycles. The molecule has 0 spiro atoms. The maximum Gasteiger partial charge on any atom is 0.233 e. The van der Waals surface area contributed by atoms with Crippen molar-refractivity contribution >= 4 is 42.1 Å². The van der Waals surface area contributed by atoms with Crippen LogP contribution in [0.2, 0.25) is 0 Å². The Bertz CT molecular complexity index is 364. The van der Waals surface area contributed by atoms with Gasteiger partial charge in [0.05, 0.1) is 23.9 Å². The fourth-order valence-electron chi connectivity index (χ4n) is 1.39. The van der Waals surface area contributed by atoms with E-state index in [9.17, 15) is 4.79 Å². The highest BCUT2D eigenvalue weighted by molar-refractivity contribution is 7.09. The first kappa shape index (κ1) is 21.9. The van der Waals surface area contributed by atoms with Gasteiger partial charge in [-0.3, -0.25) is 4.79 Å². The number of carbonyl (C=O) groups excluding carboxylic acids is 1. The molecule has 0 saturated carbocycles. The summed E-state index contributed by atoms with van der Waals surface area (Å²) in [6.07, 6.45) is 1.76. The summed E-state index contributed by atoms with van der Waals surface area (Å²) < 4.78 is 4.87. The third-order valence-corrected chi connectivity index (χ3v) is 3.42. The molecule has 2 N–H and O–H groups in total. The van der Waals surface area contributed by atoms with Crippen LogP contribution >= 0.6 is 36.2 Å². The summed E-state index contributed by atoms with van der Waals surface area (Å²) in [6, 6.07) is 0. The van der Waals surface area contributed by atoms with Gasteiger partial charge >= 0.3 is 0 Å².